The van der Waals surface area contributed by atoms with Gasteiger partial charge in [-0.25, -0.2) is 4.79 Å². The van der Waals surface area contributed by atoms with Gasteiger partial charge in [-0.1, -0.05) is 30.3 Å². The van der Waals surface area contributed by atoms with E-state index in [0.717, 1.165) is 12.8 Å². The van der Waals surface area contributed by atoms with Crippen LogP contribution in [0.4, 0.5) is 0 Å². The Morgan fingerprint density at radius 1 is 1.18 bits per heavy atom. The van der Waals surface area contributed by atoms with E-state index in [1.807, 2.05) is 18.2 Å². The van der Waals surface area contributed by atoms with Gasteiger partial charge in [-0.2, -0.15) is 0 Å². The Labute approximate surface area is 126 Å². The molecule has 0 spiro atoms. The Balaban J connectivity index is 1.61. The number of nitrogens with one attached hydrogen (secondary N) is 2. The van der Waals surface area contributed by atoms with Gasteiger partial charge in [-0.05, 0) is 18.4 Å². The van der Waals surface area contributed by atoms with E-state index in [1.165, 1.54) is 22.4 Å². The molecule has 0 aliphatic heterocycles. The molecule has 0 atom stereocenters. The summed E-state index contributed by atoms with van der Waals surface area (Å²) in [7, 11) is 0. The fraction of sp³-hybridized carbons (Fsp3) is 0.312. The summed E-state index contributed by atoms with van der Waals surface area (Å²) in [5, 5.41) is 2.88. The number of nitrogens with zero attached hydrogens (tertiary/aromatic N) is 1. The van der Waals surface area contributed by atoms with Crippen molar-refractivity contribution in [2.24, 2.45) is 0 Å². The number of hydrogen-bond acceptors (Lipinski definition) is 3. The number of aromatic amines is 1. The molecular formula is C16H17N3O3. The molecule has 1 saturated carbocycles. The molecule has 1 fully saturated rings. The predicted molar refractivity (Wildman–Crippen MR) is 81.7 cm³/mol. The van der Waals surface area contributed by atoms with Crippen molar-refractivity contribution in [3.8, 4) is 0 Å². The average molecular weight is 299 g/mol. The molecule has 0 bridgehead atoms. The first-order valence-corrected chi connectivity index (χ1v) is 7.21. The third-order valence-corrected chi connectivity index (χ3v) is 4.07. The van der Waals surface area contributed by atoms with E-state index < -0.39 is 11.2 Å². The maximum absolute atomic E-state index is 12.0. The van der Waals surface area contributed by atoms with Crippen LogP contribution in [0, 0.1) is 0 Å². The van der Waals surface area contributed by atoms with Gasteiger partial charge in [-0.3, -0.25) is 19.1 Å². The van der Waals surface area contributed by atoms with E-state index in [-0.39, 0.29) is 17.9 Å². The zero-order valence-corrected chi connectivity index (χ0v) is 12.0. The van der Waals surface area contributed by atoms with Crippen LogP contribution in [0.25, 0.3) is 0 Å². The lowest BCUT2D eigenvalue weighted by atomic mass is 9.96. The number of carbonyl (C=O) groups excluding carboxylic acids is 1. The molecular weight excluding hydrogens is 282 g/mol. The second-order valence-corrected chi connectivity index (χ2v) is 5.66. The van der Waals surface area contributed by atoms with Crippen LogP contribution < -0.4 is 16.6 Å². The van der Waals surface area contributed by atoms with Crippen molar-refractivity contribution < 1.29 is 4.79 Å². The summed E-state index contributed by atoms with van der Waals surface area (Å²) in [5.74, 6) is -0.239. The predicted octanol–water partition coefficient (Wildman–Crippen LogP) is 0.385. The number of hydrogen-bond donors (Lipinski definition) is 2. The van der Waals surface area contributed by atoms with E-state index >= 15 is 0 Å². The van der Waals surface area contributed by atoms with Crippen molar-refractivity contribution in [1.82, 2.24) is 14.9 Å². The van der Waals surface area contributed by atoms with Crippen LogP contribution in [0.2, 0.25) is 0 Å². The molecule has 0 unspecified atom stereocenters. The summed E-state index contributed by atoms with van der Waals surface area (Å²) in [5.41, 5.74) is 0.221. The summed E-state index contributed by atoms with van der Waals surface area (Å²) in [6.07, 6.45) is 3.43. The van der Waals surface area contributed by atoms with Gasteiger partial charge < -0.3 is 5.32 Å². The van der Waals surface area contributed by atoms with Gasteiger partial charge >= 0.3 is 5.69 Å². The van der Waals surface area contributed by atoms with Crippen LogP contribution in [0.1, 0.15) is 18.4 Å². The van der Waals surface area contributed by atoms with Crippen LogP contribution in [0.15, 0.2) is 52.2 Å². The number of amides is 1. The van der Waals surface area contributed by atoms with Crippen LogP contribution in [-0.2, 0) is 16.8 Å². The molecule has 3 rings (SSSR count). The summed E-state index contributed by atoms with van der Waals surface area (Å²) in [4.78, 5) is 36.6. The molecule has 1 aliphatic rings. The van der Waals surface area contributed by atoms with Crippen molar-refractivity contribution in [2.45, 2.75) is 24.8 Å². The summed E-state index contributed by atoms with van der Waals surface area (Å²) < 4.78 is 1.18. The quantitative estimate of drug-likeness (QED) is 0.837. The normalized spacial score (nSPS) is 15.3. The van der Waals surface area contributed by atoms with Gasteiger partial charge in [0.1, 0.15) is 6.54 Å². The van der Waals surface area contributed by atoms with Gasteiger partial charge in [0.15, 0.2) is 0 Å². The largest absolute Gasteiger partial charge is 0.354 e. The molecule has 1 aromatic carbocycles. The van der Waals surface area contributed by atoms with E-state index in [1.54, 1.807) is 0 Å². The molecule has 1 aliphatic carbocycles. The Kier molecular flexibility index (Phi) is 3.66. The standard InChI is InChI=1S/C16H17N3O3/c20-13-6-9-19(15(22)18-13)10-14(21)17-11-16(7-8-16)12-4-2-1-3-5-12/h1-6,9H,7-8,10-11H2,(H,17,21)(H,18,20,22). The van der Waals surface area contributed by atoms with Gasteiger partial charge in [-0.15, -0.1) is 0 Å². The third kappa shape index (κ3) is 3.00. The van der Waals surface area contributed by atoms with Gasteiger partial charge in [0.05, 0.1) is 0 Å². The second-order valence-electron chi connectivity index (χ2n) is 5.66. The Morgan fingerprint density at radius 3 is 2.55 bits per heavy atom. The lowest BCUT2D eigenvalue weighted by molar-refractivity contribution is -0.121. The first-order chi connectivity index (χ1) is 10.6. The minimum atomic E-state index is -0.577. The Hall–Kier alpha value is -2.63. The maximum Gasteiger partial charge on any atom is 0.328 e. The molecule has 6 heteroatoms. The van der Waals surface area contributed by atoms with Crippen LogP contribution in [0.5, 0.6) is 0 Å². The molecule has 6 nitrogen and oxygen atoms in total. The number of H-pyrrole nitrogens is 1. The lowest BCUT2D eigenvalue weighted by Gasteiger charge is -2.16. The number of aromatic nitrogens is 2. The minimum absolute atomic E-state index is 0.0346. The SMILES string of the molecule is O=C(Cn1ccc(=O)[nH]c1=O)NCC1(c2ccccc2)CC1. The number of rotatable bonds is 5. The van der Waals surface area contributed by atoms with Gasteiger partial charge in [0, 0.05) is 24.2 Å². The molecule has 2 aromatic rings. The van der Waals surface area contributed by atoms with E-state index in [4.69, 9.17) is 0 Å². The topological polar surface area (TPSA) is 84.0 Å². The minimum Gasteiger partial charge on any atom is -0.354 e. The van der Waals surface area contributed by atoms with Crippen molar-refractivity contribution in [2.75, 3.05) is 6.54 Å². The Morgan fingerprint density at radius 2 is 1.91 bits per heavy atom. The average Bonchev–Trinajstić information content (AvgIpc) is 3.30. The van der Waals surface area contributed by atoms with Crippen LogP contribution in [0.3, 0.4) is 0 Å². The third-order valence-electron chi connectivity index (χ3n) is 4.07. The highest BCUT2D eigenvalue weighted by Gasteiger charge is 2.44. The number of benzene rings is 1. The summed E-state index contributed by atoms with van der Waals surface area (Å²) >= 11 is 0. The molecule has 0 saturated heterocycles. The van der Waals surface area contributed by atoms with E-state index in [0.29, 0.717) is 6.54 Å². The zero-order valence-electron chi connectivity index (χ0n) is 12.0. The fourth-order valence-electron chi connectivity index (χ4n) is 2.56. The first-order valence-electron chi connectivity index (χ1n) is 7.21. The monoisotopic (exact) mass is 299 g/mol. The van der Waals surface area contributed by atoms with Gasteiger partial charge in [0.2, 0.25) is 5.91 Å². The molecule has 1 heterocycles. The van der Waals surface area contributed by atoms with Gasteiger partial charge in [0.25, 0.3) is 5.56 Å². The maximum atomic E-state index is 12.0. The highest BCUT2D eigenvalue weighted by molar-refractivity contribution is 5.75. The summed E-state index contributed by atoms with van der Waals surface area (Å²) in [6.45, 7) is 0.467. The van der Waals surface area contributed by atoms with Crippen molar-refractivity contribution >= 4 is 5.91 Å². The lowest BCUT2D eigenvalue weighted by Crippen LogP contribution is -2.38. The van der Waals surface area contributed by atoms with Crippen molar-refractivity contribution in [1.29, 1.82) is 0 Å². The molecule has 114 valence electrons. The number of carbonyl (C=O) groups is 1. The van der Waals surface area contributed by atoms with Crippen molar-refractivity contribution in [3.63, 3.8) is 0 Å². The molecule has 0 radical (unpaired) electrons. The summed E-state index contributed by atoms with van der Waals surface area (Å²) in [6, 6.07) is 11.3. The zero-order chi connectivity index (χ0) is 15.6. The smallest absolute Gasteiger partial charge is 0.328 e. The fourth-order valence-corrected chi connectivity index (χ4v) is 2.56. The Bertz CT molecular complexity index is 788. The molecule has 22 heavy (non-hydrogen) atoms. The highest BCUT2D eigenvalue weighted by atomic mass is 16.2. The molecule has 1 aromatic heterocycles. The highest BCUT2D eigenvalue weighted by Crippen LogP contribution is 2.47. The first kappa shape index (κ1) is 14.3. The second kappa shape index (κ2) is 5.63. The molecule has 2 N–H and O–H groups in total. The van der Waals surface area contributed by atoms with Crippen LogP contribution >= 0.6 is 0 Å². The van der Waals surface area contributed by atoms with Crippen molar-refractivity contribution in [3.05, 3.63) is 69.0 Å². The van der Waals surface area contributed by atoms with E-state index in [9.17, 15) is 14.4 Å². The van der Waals surface area contributed by atoms with E-state index in [2.05, 4.69) is 22.4 Å². The van der Waals surface area contributed by atoms with Crippen LogP contribution in [-0.4, -0.2) is 22.0 Å². The molecule has 1 amide bonds.